The Labute approximate surface area is 221 Å². The Kier molecular flexibility index (Phi) is 7.27. The first-order valence-electron chi connectivity index (χ1n) is 15.0. The van der Waals surface area contributed by atoms with Crippen LogP contribution in [-0.2, 0) is 28.4 Å². The second-order valence-electron chi connectivity index (χ2n) is 13.1. The molecule has 2 heterocycles. The van der Waals surface area contributed by atoms with Gasteiger partial charge in [0.25, 0.3) is 0 Å². The molecule has 0 amide bonds. The monoisotopic (exact) mass is 522 g/mol. The maximum atomic E-state index is 13.2. The molecule has 4 aliphatic carbocycles. The first-order chi connectivity index (χ1) is 17.8. The Bertz CT molecular complexity index is 819. The Balaban J connectivity index is 1.22. The highest BCUT2D eigenvalue weighted by Crippen LogP contribution is 2.52. The molecule has 0 aromatic heterocycles. The van der Waals surface area contributed by atoms with Crippen molar-refractivity contribution in [2.45, 2.75) is 159 Å². The molecule has 37 heavy (non-hydrogen) atoms. The summed E-state index contributed by atoms with van der Waals surface area (Å²) in [6, 6.07) is 0. The van der Waals surface area contributed by atoms with Crippen LogP contribution in [0.1, 0.15) is 104 Å². The van der Waals surface area contributed by atoms with E-state index >= 15 is 0 Å². The van der Waals surface area contributed by atoms with Crippen molar-refractivity contribution in [2.75, 3.05) is 0 Å². The number of aliphatic hydroxyl groups is 1. The zero-order chi connectivity index (χ0) is 25.8. The SMILES string of the molecule is CC(C)[C@H]1CC[C@H](C)C[C@@H]1OC(=O)O[C@@H]1[C@@H](O)[C@@H]2OC3(CCCCC3)O[C@H]2[C@@H]2OC3(CCCCC3)O[C@@H]21. The smallest absolute Gasteiger partial charge is 0.431 e. The maximum absolute atomic E-state index is 13.2. The normalized spacial score (nSPS) is 44.5. The van der Waals surface area contributed by atoms with Crippen LogP contribution in [0.2, 0.25) is 0 Å². The Morgan fingerprint density at radius 2 is 1.32 bits per heavy atom. The lowest BCUT2D eigenvalue weighted by Gasteiger charge is -2.40. The summed E-state index contributed by atoms with van der Waals surface area (Å²) in [4.78, 5) is 13.2. The summed E-state index contributed by atoms with van der Waals surface area (Å²) in [5, 5.41) is 11.6. The first-order valence-corrected chi connectivity index (χ1v) is 15.0. The molecule has 2 spiro atoms. The number of carbonyl (C=O) groups excluding carboxylic acids is 1. The van der Waals surface area contributed by atoms with Crippen LogP contribution in [0.3, 0.4) is 0 Å². The molecule has 8 nitrogen and oxygen atoms in total. The lowest BCUT2D eigenvalue weighted by Crippen LogP contribution is -2.62. The van der Waals surface area contributed by atoms with Gasteiger partial charge in [-0.3, -0.25) is 0 Å². The summed E-state index contributed by atoms with van der Waals surface area (Å²) in [6.45, 7) is 6.58. The van der Waals surface area contributed by atoms with Gasteiger partial charge in [0.1, 0.15) is 36.6 Å². The molecule has 6 fully saturated rings. The van der Waals surface area contributed by atoms with E-state index in [0.717, 1.165) is 83.5 Å². The van der Waals surface area contributed by atoms with Crippen molar-refractivity contribution in [1.82, 2.24) is 0 Å². The molecule has 6 rings (SSSR count). The third-order valence-electron chi connectivity index (χ3n) is 10.0. The molecular formula is C29H46O8. The average molecular weight is 523 g/mol. The molecule has 0 bridgehead atoms. The van der Waals surface area contributed by atoms with Gasteiger partial charge in [-0.2, -0.15) is 0 Å². The summed E-state index contributed by atoms with van der Waals surface area (Å²) < 4.78 is 38.2. The Morgan fingerprint density at radius 1 is 0.784 bits per heavy atom. The second-order valence-corrected chi connectivity index (χ2v) is 13.1. The van der Waals surface area contributed by atoms with Crippen molar-refractivity contribution in [2.24, 2.45) is 17.8 Å². The van der Waals surface area contributed by atoms with Crippen molar-refractivity contribution in [1.29, 1.82) is 0 Å². The molecular weight excluding hydrogens is 476 g/mol. The molecule has 2 aliphatic heterocycles. The summed E-state index contributed by atoms with van der Waals surface area (Å²) in [7, 11) is 0. The number of carbonyl (C=O) groups is 1. The van der Waals surface area contributed by atoms with Crippen LogP contribution in [0.4, 0.5) is 4.79 Å². The number of aliphatic hydroxyl groups excluding tert-OH is 1. The van der Waals surface area contributed by atoms with Crippen LogP contribution in [0.5, 0.6) is 0 Å². The third kappa shape index (κ3) is 4.94. The lowest BCUT2D eigenvalue weighted by molar-refractivity contribution is -0.225. The molecule has 6 aliphatic rings. The minimum atomic E-state index is -1.08. The van der Waals surface area contributed by atoms with Crippen molar-refractivity contribution < 1.29 is 38.3 Å². The molecule has 1 N–H and O–H groups in total. The van der Waals surface area contributed by atoms with Crippen LogP contribution in [0.25, 0.3) is 0 Å². The molecule has 2 saturated heterocycles. The van der Waals surface area contributed by atoms with E-state index in [1.807, 2.05) is 0 Å². The van der Waals surface area contributed by atoms with Crippen molar-refractivity contribution in [3.8, 4) is 0 Å². The van der Waals surface area contributed by atoms with Gasteiger partial charge in [0, 0.05) is 25.7 Å². The van der Waals surface area contributed by atoms with E-state index in [1.54, 1.807) is 0 Å². The van der Waals surface area contributed by atoms with Gasteiger partial charge in [0.05, 0.1) is 0 Å². The van der Waals surface area contributed by atoms with Crippen LogP contribution in [0.15, 0.2) is 0 Å². The van der Waals surface area contributed by atoms with Crippen molar-refractivity contribution in [3.05, 3.63) is 0 Å². The molecule has 0 radical (unpaired) electrons. The van der Waals surface area contributed by atoms with Gasteiger partial charge in [0.2, 0.25) is 0 Å². The summed E-state index contributed by atoms with van der Waals surface area (Å²) in [6.07, 6.45) is 7.64. The van der Waals surface area contributed by atoms with Crippen LogP contribution >= 0.6 is 0 Å². The van der Waals surface area contributed by atoms with E-state index in [1.165, 1.54) is 0 Å². The van der Waals surface area contributed by atoms with Crippen molar-refractivity contribution in [3.63, 3.8) is 0 Å². The third-order valence-corrected chi connectivity index (χ3v) is 10.0. The molecule has 0 aromatic carbocycles. The first kappa shape index (κ1) is 26.3. The Morgan fingerprint density at radius 3 is 1.92 bits per heavy atom. The van der Waals surface area contributed by atoms with Crippen LogP contribution in [0, 0.1) is 17.8 Å². The fourth-order valence-electron chi connectivity index (χ4n) is 8.02. The summed E-state index contributed by atoms with van der Waals surface area (Å²) in [5.74, 6) is -0.161. The highest BCUT2D eigenvalue weighted by atomic mass is 16.8. The topological polar surface area (TPSA) is 92.7 Å². The molecule has 210 valence electrons. The Hall–Kier alpha value is -0.930. The van der Waals surface area contributed by atoms with E-state index in [0.29, 0.717) is 17.8 Å². The second kappa shape index (κ2) is 10.2. The van der Waals surface area contributed by atoms with E-state index in [4.69, 9.17) is 28.4 Å². The zero-order valence-electron chi connectivity index (χ0n) is 22.8. The van der Waals surface area contributed by atoms with Gasteiger partial charge < -0.3 is 33.5 Å². The fraction of sp³-hybridized carbons (Fsp3) is 0.966. The predicted octanol–water partition coefficient (Wildman–Crippen LogP) is 5.23. The van der Waals surface area contributed by atoms with E-state index in [2.05, 4.69) is 20.8 Å². The molecule has 0 unspecified atom stereocenters. The average Bonchev–Trinajstić information content (AvgIpc) is 3.41. The van der Waals surface area contributed by atoms with Gasteiger partial charge in [-0.15, -0.1) is 0 Å². The minimum Gasteiger partial charge on any atom is -0.431 e. The number of fused-ring (bicyclic) bond motifs is 3. The van der Waals surface area contributed by atoms with E-state index in [-0.39, 0.29) is 6.10 Å². The van der Waals surface area contributed by atoms with Crippen LogP contribution in [-0.4, -0.2) is 65.6 Å². The summed E-state index contributed by atoms with van der Waals surface area (Å²) in [5.41, 5.74) is 0. The zero-order valence-corrected chi connectivity index (χ0v) is 22.8. The maximum Gasteiger partial charge on any atom is 0.509 e. The van der Waals surface area contributed by atoms with Gasteiger partial charge >= 0.3 is 6.16 Å². The quantitative estimate of drug-likeness (QED) is 0.504. The van der Waals surface area contributed by atoms with E-state index in [9.17, 15) is 9.90 Å². The minimum absolute atomic E-state index is 0.178. The van der Waals surface area contributed by atoms with Gasteiger partial charge in [-0.25, -0.2) is 4.79 Å². The lowest BCUT2D eigenvalue weighted by atomic mass is 9.75. The van der Waals surface area contributed by atoms with Gasteiger partial charge in [-0.05, 0) is 56.3 Å². The van der Waals surface area contributed by atoms with Gasteiger partial charge in [-0.1, -0.05) is 40.0 Å². The highest BCUT2D eigenvalue weighted by molar-refractivity contribution is 5.60. The fourth-order valence-corrected chi connectivity index (χ4v) is 8.02. The largest absolute Gasteiger partial charge is 0.509 e. The van der Waals surface area contributed by atoms with Crippen LogP contribution < -0.4 is 0 Å². The predicted molar refractivity (Wildman–Crippen MR) is 134 cm³/mol. The number of hydrogen-bond acceptors (Lipinski definition) is 8. The van der Waals surface area contributed by atoms with E-state index < -0.39 is 54.4 Å². The summed E-state index contributed by atoms with van der Waals surface area (Å²) >= 11 is 0. The number of ether oxygens (including phenoxy) is 6. The molecule has 0 aromatic rings. The van der Waals surface area contributed by atoms with Gasteiger partial charge in [0.15, 0.2) is 17.7 Å². The van der Waals surface area contributed by atoms with Crippen molar-refractivity contribution >= 4 is 6.16 Å². The molecule has 4 saturated carbocycles. The molecule has 9 atom stereocenters. The number of hydrogen-bond donors (Lipinski definition) is 1. The highest BCUT2D eigenvalue weighted by Gasteiger charge is 2.67. The standard InChI is InChI=1S/C29H46O8/c1-17(2)19-11-10-18(3)16-20(19)32-27(31)33-22-21(30)23-25(36-28(34-23)12-6-4-7-13-28)26-24(22)35-29(37-26)14-8-5-9-15-29/h17-26,30H,4-16H2,1-3H3/t18-,19+,20-,21+,22+,23-,24+,25+,26+/m0/s1. The molecule has 8 heteroatoms. The number of rotatable bonds is 3.